The van der Waals surface area contributed by atoms with Crippen LogP contribution in [0.5, 0.6) is 5.75 Å². The Hall–Kier alpha value is -3.27. The number of nitrogens with zero attached hydrogens (tertiary/aromatic N) is 5. The normalized spacial score (nSPS) is 15.5. The van der Waals surface area contributed by atoms with Crippen LogP contribution in [0.1, 0.15) is 45.0 Å². The molecule has 162 valence electrons. The average molecular weight is 441 g/mol. The van der Waals surface area contributed by atoms with Crippen LogP contribution in [0.25, 0.3) is 0 Å². The van der Waals surface area contributed by atoms with Crippen molar-refractivity contribution in [2.75, 3.05) is 13.7 Å². The maximum absolute atomic E-state index is 13.2. The standard InChI is InChI=1S/C21H24N6O3S/c1-4-17-19(31-25-23-17)21(29)27-11-14-10-26(2)24-18(14)16(12-27)20(28)22-9-13-5-7-15(30-3)8-6-13/h5-8,10,16H,4,9,11-12H2,1-3H3,(H,22,28)/t16-/m1/s1. The van der Waals surface area contributed by atoms with E-state index >= 15 is 0 Å². The van der Waals surface area contributed by atoms with Crippen LogP contribution in [0.2, 0.25) is 0 Å². The van der Waals surface area contributed by atoms with Crippen molar-refractivity contribution >= 4 is 23.3 Å². The summed E-state index contributed by atoms with van der Waals surface area (Å²) in [5.41, 5.74) is 3.24. The molecule has 1 aromatic carbocycles. The highest BCUT2D eigenvalue weighted by Gasteiger charge is 2.36. The second-order valence-electron chi connectivity index (χ2n) is 7.42. The molecule has 0 spiro atoms. The fraction of sp³-hybridized carbons (Fsp3) is 0.381. The Balaban J connectivity index is 1.52. The van der Waals surface area contributed by atoms with Gasteiger partial charge in [-0.15, -0.1) is 5.10 Å². The Morgan fingerprint density at radius 2 is 2.06 bits per heavy atom. The predicted octanol–water partition coefficient (Wildman–Crippen LogP) is 1.90. The molecule has 0 saturated heterocycles. The number of amides is 2. The fourth-order valence-electron chi connectivity index (χ4n) is 3.71. The Morgan fingerprint density at radius 3 is 2.77 bits per heavy atom. The Labute approximate surface area is 184 Å². The number of hydrogen-bond donors (Lipinski definition) is 1. The topological polar surface area (TPSA) is 102 Å². The van der Waals surface area contributed by atoms with Gasteiger partial charge in [0.1, 0.15) is 10.6 Å². The molecule has 0 radical (unpaired) electrons. The van der Waals surface area contributed by atoms with Gasteiger partial charge in [0.25, 0.3) is 5.91 Å². The minimum absolute atomic E-state index is 0.144. The highest BCUT2D eigenvalue weighted by Crippen LogP contribution is 2.29. The quantitative estimate of drug-likeness (QED) is 0.628. The number of fused-ring (bicyclic) bond motifs is 1. The first-order valence-electron chi connectivity index (χ1n) is 10.0. The van der Waals surface area contributed by atoms with Crippen LogP contribution < -0.4 is 10.1 Å². The van der Waals surface area contributed by atoms with Gasteiger partial charge in [0, 0.05) is 38.4 Å². The molecule has 3 aromatic rings. The lowest BCUT2D eigenvalue weighted by atomic mass is 9.95. The summed E-state index contributed by atoms with van der Waals surface area (Å²) in [6.45, 7) is 3.00. The molecule has 1 aliphatic heterocycles. The van der Waals surface area contributed by atoms with Crippen molar-refractivity contribution in [2.24, 2.45) is 7.05 Å². The van der Waals surface area contributed by atoms with Gasteiger partial charge in [0.05, 0.1) is 24.4 Å². The summed E-state index contributed by atoms with van der Waals surface area (Å²) >= 11 is 1.10. The lowest BCUT2D eigenvalue weighted by molar-refractivity contribution is -0.123. The predicted molar refractivity (Wildman–Crippen MR) is 115 cm³/mol. The summed E-state index contributed by atoms with van der Waals surface area (Å²) in [7, 11) is 3.43. The van der Waals surface area contributed by atoms with Gasteiger partial charge >= 0.3 is 0 Å². The van der Waals surface area contributed by atoms with Crippen LogP contribution in [0.15, 0.2) is 30.5 Å². The molecule has 2 amide bonds. The minimum Gasteiger partial charge on any atom is -0.497 e. The second-order valence-corrected chi connectivity index (χ2v) is 8.17. The third kappa shape index (κ3) is 4.29. The number of hydrogen-bond acceptors (Lipinski definition) is 7. The lowest BCUT2D eigenvalue weighted by Crippen LogP contribution is -2.43. The van der Waals surface area contributed by atoms with Crippen molar-refractivity contribution < 1.29 is 14.3 Å². The third-order valence-corrected chi connectivity index (χ3v) is 6.10. The van der Waals surface area contributed by atoms with Crippen LogP contribution in [-0.4, -0.2) is 49.7 Å². The summed E-state index contributed by atoms with van der Waals surface area (Å²) in [6, 6.07) is 7.53. The minimum atomic E-state index is -0.543. The molecule has 31 heavy (non-hydrogen) atoms. The smallest absolute Gasteiger partial charge is 0.267 e. The number of aromatic nitrogens is 4. The zero-order valence-corrected chi connectivity index (χ0v) is 18.5. The zero-order valence-electron chi connectivity index (χ0n) is 17.7. The highest BCUT2D eigenvalue weighted by atomic mass is 32.1. The van der Waals surface area contributed by atoms with Crippen LogP contribution in [0.4, 0.5) is 0 Å². The summed E-state index contributed by atoms with van der Waals surface area (Å²) in [6.07, 6.45) is 2.50. The largest absolute Gasteiger partial charge is 0.497 e. The molecule has 10 heteroatoms. The van der Waals surface area contributed by atoms with Crippen LogP contribution in [0.3, 0.4) is 0 Å². The number of rotatable bonds is 6. The van der Waals surface area contributed by atoms with Crippen molar-refractivity contribution in [3.8, 4) is 5.75 Å². The monoisotopic (exact) mass is 440 g/mol. The first-order chi connectivity index (χ1) is 15.0. The molecule has 0 aliphatic carbocycles. The van der Waals surface area contributed by atoms with Crippen molar-refractivity contribution in [3.05, 3.63) is 57.9 Å². The summed E-state index contributed by atoms with van der Waals surface area (Å²) in [5, 5.41) is 11.5. The molecular formula is C21H24N6O3S. The van der Waals surface area contributed by atoms with E-state index in [1.807, 2.05) is 44.4 Å². The number of benzene rings is 1. The number of methoxy groups -OCH3 is 1. The van der Waals surface area contributed by atoms with Crippen molar-refractivity contribution in [1.82, 2.24) is 29.6 Å². The van der Waals surface area contributed by atoms with Crippen molar-refractivity contribution in [2.45, 2.75) is 32.4 Å². The van der Waals surface area contributed by atoms with Gasteiger partial charge in [0.15, 0.2) is 0 Å². The molecule has 4 rings (SSSR count). The molecule has 1 aliphatic rings. The number of carbonyl (C=O) groups is 2. The second kappa shape index (κ2) is 8.84. The van der Waals surface area contributed by atoms with Crippen LogP contribution >= 0.6 is 11.5 Å². The van der Waals surface area contributed by atoms with Gasteiger partial charge in [-0.25, -0.2) is 0 Å². The molecule has 1 N–H and O–H groups in total. The molecule has 0 fully saturated rings. The zero-order chi connectivity index (χ0) is 22.0. The summed E-state index contributed by atoms with van der Waals surface area (Å²) in [5.74, 6) is -0.0857. The number of nitrogens with one attached hydrogen (secondary N) is 1. The maximum atomic E-state index is 13.2. The SMILES string of the molecule is CCc1nnsc1C(=O)N1Cc2cn(C)nc2[C@H](C(=O)NCc2ccc(OC)cc2)C1. The Bertz CT molecular complexity index is 1090. The molecule has 2 aromatic heterocycles. The van der Waals surface area contributed by atoms with Gasteiger partial charge in [-0.1, -0.05) is 23.5 Å². The van der Waals surface area contributed by atoms with E-state index < -0.39 is 5.92 Å². The molecule has 0 saturated carbocycles. The number of ether oxygens (including phenoxy) is 1. The molecule has 9 nitrogen and oxygen atoms in total. The first kappa shape index (κ1) is 21.0. The Kier molecular flexibility index (Phi) is 5.99. The van der Waals surface area contributed by atoms with Gasteiger partial charge < -0.3 is 15.0 Å². The van der Waals surface area contributed by atoms with E-state index in [1.54, 1.807) is 16.7 Å². The van der Waals surface area contributed by atoms with E-state index in [1.165, 1.54) is 0 Å². The van der Waals surface area contributed by atoms with Crippen LogP contribution in [-0.2, 0) is 31.4 Å². The molecular weight excluding hydrogens is 416 g/mol. The van der Waals surface area contributed by atoms with Gasteiger partial charge in [-0.2, -0.15) is 5.10 Å². The molecule has 1 atom stereocenters. The highest BCUT2D eigenvalue weighted by molar-refractivity contribution is 7.08. The number of carbonyl (C=O) groups excluding carboxylic acids is 2. The lowest BCUT2D eigenvalue weighted by Gasteiger charge is -2.31. The van der Waals surface area contributed by atoms with E-state index in [0.29, 0.717) is 30.1 Å². The van der Waals surface area contributed by atoms with Gasteiger partial charge in [-0.3, -0.25) is 14.3 Å². The van der Waals surface area contributed by atoms with Crippen LogP contribution in [0, 0.1) is 0 Å². The first-order valence-corrected chi connectivity index (χ1v) is 10.8. The van der Waals surface area contributed by atoms with Gasteiger partial charge in [-0.05, 0) is 35.6 Å². The van der Waals surface area contributed by atoms with Crippen molar-refractivity contribution in [3.63, 3.8) is 0 Å². The fourth-order valence-corrected chi connectivity index (χ4v) is 4.43. The van der Waals surface area contributed by atoms with Crippen molar-refractivity contribution in [1.29, 1.82) is 0 Å². The van der Waals surface area contributed by atoms with E-state index in [2.05, 4.69) is 20.0 Å². The van der Waals surface area contributed by atoms with E-state index in [0.717, 1.165) is 34.1 Å². The van der Waals surface area contributed by atoms with E-state index in [4.69, 9.17) is 4.74 Å². The third-order valence-electron chi connectivity index (χ3n) is 5.35. The molecule has 3 heterocycles. The summed E-state index contributed by atoms with van der Waals surface area (Å²) < 4.78 is 10.8. The molecule has 0 bridgehead atoms. The van der Waals surface area contributed by atoms with E-state index in [9.17, 15) is 9.59 Å². The Morgan fingerprint density at radius 1 is 1.29 bits per heavy atom. The van der Waals surface area contributed by atoms with E-state index in [-0.39, 0.29) is 18.4 Å². The summed E-state index contributed by atoms with van der Waals surface area (Å²) in [4.78, 5) is 28.5. The molecule has 0 unspecified atom stereocenters. The average Bonchev–Trinajstić information content (AvgIpc) is 3.41. The van der Waals surface area contributed by atoms with Gasteiger partial charge in [0.2, 0.25) is 5.91 Å². The maximum Gasteiger partial charge on any atom is 0.267 e. The number of aryl methyl sites for hydroxylation is 2.